The van der Waals surface area contributed by atoms with Gasteiger partial charge in [-0.15, -0.1) is 0 Å². The SMILES string of the molecule is C/C(=N\O)c1ccccc1NC(=O)c1ccc(Cl)cc1O. The number of nitrogens with zero attached hydrogens (tertiary/aromatic N) is 1. The molecule has 0 aromatic heterocycles. The number of carbonyl (C=O) groups is 1. The second kappa shape index (κ2) is 6.28. The van der Waals surface area contributed by atoms with E-state index in [1.807, 2.05) is 0 Å². The van der Waals surface area contributed by atoms with Crippen LogP contribution in [0.2, 0.25) is 5.02 Å². The lowest BCUT2D eigenvalue weighted by molar-refractivity contribution is 0.102. The van der Waals surface area contributed by atoms with Crippen LogP contribution in [0.15, 0.2) is 47.6 Å². The molecule has 5 nitrogen and oxygen atoms in total. The Morgan fingerprint density at radius 2 is 1.90 bits per heavy atom. The lowest BCUT2D eigenvalue weighted by atomic mass is 10.1. The maximum absolute atomic E-state index is 12.2. The molecule has 2 rings (SSSR count). The molecule has 1 amide bonds. The van der Waals surface area contributed by atoms with Crippen LogP contribution < -0.4 is 5.32 Å². The number of phenolic OH excluding ortho intramolecular Hbond substituents is 1. The largest absolute Gasteiger partial charge is 0.507 e. The fourth-order valence-corrected chi connectivity index (χ4v) is 2.01. The van der Waals surface area contributed by atoms with Gasteiger partial charge in [-0.25, -0.2) is 0 Å². The molecule has 0 aliphatic carbocycles. The van der Waals surface area contributed by atoms with E-state index in [1.165, 1.54) is 18.2 Å². The number of benzene rings is 2. The van der Waals surface area contributed by atoms with Gasteiger partial charge >= 0.3 is 0 Å². The van der Waals surface area contributed by atoms with Crippen molar-refractivity contribution in [2.45, 2.75) is 6.92 Å². The quantitative estimate of drug-likeness (QED) is 0.461. The Morgan fingerprint density at radius 1 is 1.19 bits per heavy atom. The van der Waals surface area contributed by atoms with Crippen LogP contribution in [0.3, 0.4) is 0 Å². The summed E-state index contributed by atoms with van der Waals surface area (Å²) < 4.78 is 0. The first-order valence-corrected chi connectivity index (χ1v) is 6.48. The molecule has 0 atom stereocenters. The molecule has 2 aromatic carbocycles. The predicted molar refractivity (Wildman–Crippen MR) is 81.5 cm³/mol. The van der Waals surface area contributed by atoms with Crippen LogP contribution in [0.1, 0.15) is 22.8 Å². The molecule has 0 spiro atoms. The molecule has 0 aliphatic rings. The first-order chi connectivity index (χ1) is 10.0. The van der Waals surface area contributed by atoms with E-state index in [2.05, 4.69) is 10.5 Å². The number of phenols is 1. The Balaban J connectivity index is 2.32. The average molecular weight is 305 g/mol. The number of oxime groups is 1. The zero-order valence-corrected chi connectivity index (χ0v) is 11.9. The first-order valence-electron chi connectivity index (χ1n) is 6.11. The number of halogens is 1. The summed E-state index contributed by atoms with van der Waals surface area (Å²) in [5, 5.41) is 24.8. The number of carbonyl (C=O) groups excluding carboxylic acids is 1. The Labute approximate surface area is 126 Å². The fraction of sp³-hybridized carbons (Fsp3) is 0.0667. The molecule has 21 heavy (non-hydrogen) atoms. The van der Waals surface area contributed by atoms with Gasteiger partial charge in [-0.3, -0.25) is 4.79 Å². The zero-order valence-electron chi connectivity index (χ0n) is 11.2. The molecule has 0 fully saturated rings. The third-order valence-electron chi connectivity index (χ3n) is 2.92. The van der Waals surface area contributed by atoms with Gasteiger partial charge in [0.05, 0.1) is 17.0 Å². The molecule has 3 N–H and O–H groups in total. The molecule has 0 saturated heterocycles. The highest BCUT2D eigenvalue weighted by atomic mass is 35.5. The molecule has 6 heteroatoms. The van der Waals surface area contributed by atoms with Gasteiger partial charge in [0.15, 0.2) is 0 Å². The van der Waals surface area contributed by atoms with Crippen LogP contribution in [0.5, 0.6) is 5.75 Å². The number of aromatic hydroxyl groups is 1. The molecular weight excluding hydrogens is 292 g/mol. The van der Waals surface area contributed by atoms with Crippen molar-refractivity contribution < 1.29 is 15.1 Å². The van der Waals surface area contributed by atoms with Crippen molar-refractivity contribution in [3.8, 4) is 5.75 Å². The topological polar surface area (TPSA) is 81.9 Å². The predicted octanol–water partition coefficient (Wildman–Crippen LogP) is 3.50. The maximum atomic E-state index is 12.2. The van der Waals surface area contributed by atoms with E-state index in [1.54, 1.807) is 31.2 Å². The summed E-state index contributed by atoms with van der Waals surface area (Å²) >= 11 is 5.73. The number of anilines is 1. The van der Waals surface area contributed by atoms with Gasteiger partial charge in [-0.1, -0.05) is 35.0 Å². The fourth-order valence-electron chi connectivity index (χ4n) is 1.85. The van der Waals surface area contributed by atoms with Crippen LogP contribution in [0.4, 0.5) is 5.69 Å². The molecule has 108 valence electrons. The average Bonchev–Trinajstić information content (AvgIpc) is 2.46. The second-order valence-corrected chi connectivity index (χ2v) is 4.78. The third kappa shape index (κ3) is 3.32. The normalized spacial score (nSPS) is 11.2. The van der Waals surface area contributed by atoms with Gasteiger partial charge in [-0.05, 0) is 31.2 Å². The monoisotopic (exact) mass is 304 g/mol. The minimum Gasteiger partial charge on any atom is -0.507 e. The van der Waals surface area contributed by atoms with Crippen LogP contribution >= 0.6 is 11.6 Å². The Kier molecular flexibility index (Phi) is 4.45. The van der Waals surface area contributed by atoms with Crippen molar-refractivity contribution in [3.05, 3.63) is 58.6 Å². The summed E-state index contributed by atoms with van der Waals surface area (Å²) in [6, 6.07) is 11.1. The van der Waals surface area contributed by atoms with Gasteiger partial charge in [0.25, 0.3) is 5.91 Å². The van der Waals surface area contributed by atoms with Crippen molar-refractivity contribution in [2.24, 2.45) is 5.16 Å². The highest BCUT2D eigenvalue weighted by molar-refractivity contribution is 6.31. The second-order valence-electron chi connectivity index (χ2n) is 4.35. The Hall–Kier alpha value is -2.53. The van der Waals surface area contributed by atoms with Crippen LogP contribution in [0, 0.1) is 0 Å². The summed E-state index contributed by atoms with van der Waals surface area (Å²) in [5.74, 6) is -0.688. The Bertz CT molecular complexity index is 714. The summed E-state index contributed by atoms with van der Waals surface area (Å²) in [4.78, 5) is 12.2. The highest BCUT2D eigenvalue weighted by Crippen LogP contribution is 2.24. The van der Waals surface area contributed by atoms with Crippen molar-refractivity contribution in [1.82, 2.24) is 0 Å². The van der Waals surface area contributed by atoms with Crippen molar-refractivity contribution >= 4 is 28.9 Å². The molecule has 0 heterocycles. The van der Waals surface area contributed by atoms with E-state index in [0.29, 0.717) is 22.0 Å². The smallest absolute Gasteiger partial charge is 0.259 e. The Morgan fingerprint density at radius 3 is 2.57 bits per heavy atom. The lowest BCUT2D eigenvalue weighted by Crippen LogP contribution is -2.14. The number of para-hydroxylation sites is 1. The lowest BCUT2D eigenvalue weighted by Gasteiger charge is -2.11. The van der Waals surface area contributed by atoms with Crippen molar-refractivity contribution in [1.29, 1.82) is 0 Å². The number of hydrogen-bond acceptors (Lipinski definition) is 4. The van der Waals surface area contributed by atoms with E-state index < -0.39 is 5.91 Å². The van der Waals surface area contributed by atoms with Crippen LogP contribution in [-0.2, 0) is 0 Å². The third-order valence-corrected chi connectivity index (χ3v) is 3.15. The minimum atomic E-state index is -0.484. The van der Waals surface area contributed by atoms with Crippen molar-refractivity contribution in [2.75, 3.05) is 5.32 Å². The molecule has 0 unspecified atom stereocenters. The first kappa shape index (κ1) is 14.9. The summed E-state index contributed by atoms with van der Waals surface area (Å²) in [5.41, 5.74) is 1.54. The van der Waals surface area contributed by atoms with E-state index in [4.69, 9.17) is 16.8 Å². The van der Waals surface area contributed by atoms with Crippen LogP contribution in [-0.4, -0.2) is 21.9 Å². The van der Waals surface area contributed by atoms with Gasteiger partial charge in [0.2, 0.25) is 0 Å². The molecular formula is C15H13ClN2O3. The summed E-state index contributed by atoms with van der Waals surface area (Å²) in [6.07, 6.45) is 0. The minimum absolute atomic E-state index is 0.104. The van der Waals surface area contributed by atoms with Gasteiger partial charge in [0, 0.05) is 10.6 Å². The number of nitrogens with one attached hydrogen (secondary N) is 1. The number of amides is 1. The number of hydrogen-bond donors (Lipinski definition) is 3. The molecule has 0 aliphatic heterocycles. The van der Waals surface area contributed by atoms with E-state index in [9.17, 15) is 9.90 Å². The molecule has 0 radical (unpaired) electrons. The van der Waals surface area contributed by atoms with Gasteiger partial charge in [0.1, 0.15) is 5.75 Å². The van der Waals surface area contributed by atoms with E-state index in [0.717, 1.165) is 0 Å². The molecule has 2 aromatic rings. The van der Waals surface area contributed by atoms with E-state index in [-0.39, 0.29) is 11.3 Å². The zero-order chi connectivity index (χ0) is 15.4. The number of rotatable bonds is 3. The van der Waals surface area contributed by atoms with Crippen LogP contribution in [0.25, 0.3) is 0 Å². The van der Waals surface area contributed by atoms with Gasteiger partial charge in [-0.2, -0.15) is 0 Å². The summed E-state index contributed by atoms with van der Waals surface area (Å²) in [7, 11) is 0. The molecule has 0 bridgehead atoms. The summed E-state index contributed by atoms with van der Waals surface area (Å²) in [6.45, 7) is 1.62. The molecule has 0 saturated carbocycles. The van der Waals surface area contributed by atoms with E-state index >= 15 is 0 Å². The maximum Gasteiger partial charge on any atom is 0.259 e. The van der Waals surface area contributed by atoms with Crippen molar-refractivity contribution in [3.63, 3.8) is 0 Å². The standard InChI is InChI=1S/C15H13ClN2O3/c1-9(18-21)11-4-2-3-5-13(11)17-15(20)12-7-6-10(16)8-14(12)19/h2-8,19,21H,1H3,(H,17,20)/b18-9+. The highest BCUT2D eigenvalue weighted by Gasteiger charge is 2.14. The van der Waals surface area contributed by atoms with Gasteiger partial charge < -0.3 is 15.6 Å².